The average molecular weight is 670 g/mol. The van der Waals surface area contributed by atoms with E-state index in [1.807, 2.05) is 0 Å². The van der Waals surface area contributed by atoms with E-state index in [1.54, 1.807) is 0 Å². The number of unbranched alkanes of at least 4 members (excludes halogenated alkanes) is 6. The molecule has 6 unspecified atom stereocenters. The van der Waals surface area contributed by atoms with Crippen LogP contribution in [0.5, 0.6) is 0 Å². The van der Waals surface area contributed by atoms with E-state index < -0.39 is 43.6 Å². The van der Waals surface area contributed by atoms with E-state index in [9.17, 15) is 9.90 Å². The molecule has 3 aliphatic rings. The molecule has 47 heavy (non-hydrogen) atoms. The summed E-state index contributed by atoms with van der Waals surface area (Å²) < 4.78 is 0. The Kier molecular flexibility index (Phi) is 19.3. The van der Waals surface area contributed by atoms with Crippen LogP contribution in [0.15, 0.2) is 0 Å². The molecule has 0 aliphatic carbocycles. The molecule has 0 bridgehead atoms. The Labute approximate surface area is 288 Å². The molecule has 5 N–H and O–H groups in total. The maximum Gasteiger partial charge on any atom is 0.308 e. The third-order valence-corrected chi connectivity index (χ3v) is 11.3. The first-order valence-electron chi connectivity index (χ1n) is 19.7. The molecule has 9 heteroatoms. The number of carboxylic acids is 1. The summed E-state index contributed by atoms with van der Waals surface area (Å²) in [5, 5.41) is 44.6. The molecule has 3 rings (SSSR count). The molecule has 0 aromatic rings. The number of aliphatic hydroxyl groups is 4. The van der Waals surface area contributed by atoms with Crippen molar-refractivity contribution in [2.75, 3.05) is 26.4 Å². The van der Waals surface area contributed by atoms with Gasteiger partial charge in [0.1, 0.15) is 5.79 Å². The maximum atomic E-state index is 12.9. The second-order valence-corrected chi connectivity index (χ2v) is 15.0. The topological polar surface area (TPSA) is 127 Å². The van der Waals surface area contributed by atoms with E-state index in [-0.39, 0.29) is 6.42 Å². The van der Waals surface area contributed by atoms with Crippen molar-refractivity contribution in [1.29, 1.82) is 0 Å². The Balaban J connectivity index is 0.000000745. The van der Waals surface area contributed by atoms with Crippen LogP contribution in [0.25, 0.3) is 0 Å². The van der Waals surface area contributed by atoms with E-state index in [2.05, 4.69) is 56.2 Å². The van der Waals surface area contributed by atoms with Crippen molar-refractivity contribution in [1.82, 2.24) is 14.7 Å². The van der Waals surface area contributed by atoms with Crippen molar-refractivity contribution < 1.29 is 30.3 Å². The number of carbonyl (C=O) groups is 1. The summed E-state index contributed by atoms with van der Waals surface area (Å²) in [7, 11) is 0. The van der Waals surface area contributed by atoms with Crippen molar-refractivity contribution >= 4 is 5.97 Å². The lowest BCUT2D eigenvalue weighted by molar-refractivity contribution is -0.148. The van der Waals surface area contributed by atoms with Crippen molar-refractivity contribution in [3.63, 3.8) is 0 Å². The van der Waals surface area contributed by atoms with Crippen LogP contribution in [-0.4, -0.2) is 115 Å². The van der Waals surface area contributed by atoms with Gasteiger partial charge in [0.2, 0.25) is 0 Å². The van der Waals surface area contributed by atoms with Gasteiger partial charge in [0.05, 0.1) is 38.3 Å². The highest BCUT2D eigenvalue weighted by atomic mass is 16.4. The van der Waals surface area contributed by atoms with Gasteiger partial charge in [0, 0.05) is 36.3 Å². The number of hydrogen-bond donors (Lipinski definition) is 5. The third-order valence-electron chi connectivity index (χ3n) is 11.3. The van der Waals surface area contributed by atoms with Crippen LogP contribution in [0.2, 0.25) is 0 Å². The van der Waals surface area contributed by atoms with Crippen molar-refractivity contribution in [3.8, 4) is 0 Å². The molecule has 3 saturated heterocycles. The second-order valence-electron chi connectivity index (χ2n) is 15.0. The van der Waals surface area contributed by atoms with Crippen molar-refractivity contribution in [2.24, 2.45) is 5.41 Å². The fourth-order valence-electron chi connectivity index (χ4n) is 8.24. The molecule has 9 nitrogen and oxygen atoms in total. The summed E-state index contributed by atoms with van der Waals surface area (Å²) in [6.45, 7) is 12.2. The molecular weight excluding hydrogens is 594 g/mol. The largest absolute Gasteiger partial charge is 0.481 e. The van der Waals surface area contributed by atoms with Gasteiger partial charge in [-0.25, -0.2) is 0 Å². The van der Waals surface area contributed by atoms with Crippen LogP contribution in [0.1, 0.15) is 164 Å². The standard InChI is InChI=1S/C33H63N3O2.C5H12O4/c1-7-13-19-26-27(20-14-8-2)34(26)33(25-32(37)38,35-28(21-15-9-3)29(35)22-16-10-4)36-30(23-17-11-5)31(36)24-18-12-6;6-1-5(2-7,3-8)4-9/h26-31H,7-25H2,1-6H3,(H,37,38);6-9H,1-4H2. The first-order chi connectivity index (χ1) is 22.7. The molecule has 0 amide bonds. The molecular formula is C38H75N3O6. The fourth-order valence-corrected chi connectivity index (χ4v) is 8.24. The van der Waals surface area contributed by atoms with Gasteiger partial charge in [0.15, 0.2) is 0 Å². The second kappa shape index (κ2) is 21.4. The number of aliphatic carboxylic acids is 1. The van der Waals surface area contributed by atoms with E-state index in [0.717, 1.165) is 0 Å². The molecule has 3 fully saturated rings. The lowest BCUT2D eigenvalue weighted by Gasteiger charge is -2.41. The molecule has 3 aliphatic heterocycles. The average Bonchev–Trinajstić information content (AvgIpc) is 4.02. The van der Waals surface area contributed by atoms with Gasteiger partial charge < -0.3 is 25.5 Å². The van der Waals surface area contributed by atoms with E-state index >= 15 is 0 Å². The predicted octanol–water partition coefficient (Wildman–Crippen LogP) is 6.36. The minimum Gasteiger partial charge on any atom is -0.481 e. The van der Waals surface area contributed by atoms with Gasteiger partial charge in [-0.15, -0.1) is 0 Å². The Morgan fingerprint density at radius 1 is 0.468 bits per heavy atom. The van der Waals surface area contributed by atoms with Crippen LogP contribution >= 0.6 is 0 Å². The Bertz CT molecular complexity index is 719. The zero-order valence-electron chi connectivity index (χ0n) is 31.2. The number of aliphatic hydroxyl groups excluding tert-OH is 4. The quantitative estimate of drug-likeness (QED) is 0.0636. The van der Waals surface area contributed by atoms with Gasteiger partial charge in [0.25, 0.3) is 0 Å². The summed E-state index contributed by atoms with van der Waals surface area (Å²) in [6.07, 6.45) is 22.5. The van der Waals surface area contributed by atoms with E-state index in [4.69, 9.17) is 20.4 Å². The maximum absolute atomic E-state index is 12.9. The highest BCUT2D eigenvalue weighted by molar-refractivity contribution is 5.69. The summed E-state index contributed by atoms with van der Waals surface area (Å²) in [5.41, 5.74) is -1.11. The Morgan fingerprint density at radius 3 is 0.809 bits per heavy atom. The van der Waals surface area contributed by atoms with Crippen molar-refractivity contribution in [2.45, 2.75) is 206 Å². The summed E-state index contributed by atoms with van der Waals surface area (Å²) in [4.78, 5) is 21.2. The molecule has 0 spiro atoms. The normalized spacial score (nSPS) is 30.7. The minimum atomic E-state index is -1.11. The smallest absolute Gasteiger partial charge is 0.308 e. The molecule has 6 atom stereocenters. The molecule has 0 saturated carbocycles. The highest BCUT2D eigenvalue weighted by Gasteiger charge is 2.74. The SMILES string of the molecule is CCCCC1C(CCCC)N1C(CC(=O)O)(N1C(CCCC)C1CCCC)N1C(CCCC)C1CCCC.OCC(CO)(CO)CO. The minimum absolute atomic E-state index is 0.259. The zero-order chi connectivity index (χ0) is 35.0. The molecule has 0 aromatic heterocycles. The predicted molar refractivity (Wildman–Crippen MR) is 191 cm³/mol. The zero-order valence-corrected chi connectivity index (χ0v) is 31.2. The Morgan fingerprint density at radius 2 is 0.681 bits per heavy atom. The number of hydrogen-bond acceptors (Lipinski definition) is 8. The molecule has 3 heterocycles. The molecule has 0 aromatic carbocycles. The fraction of sp³-hybridized carbons (Fsp3) is 0.974. The van der Waals surface area contributed by atoms with Crippen LogP contribution < -0.4 is 0 Å². The molecule has 278 valence electrons. The van der Waals surface area contributed by atoms with Gasteiger partial charge >= 0.3 is 5.97 Å². The van der Waals surface area contributed by atoms with Crippen LogP contribution in [-0.2, 0) is 4.79 Å². The summed E-state index contributed by atoms with van der Waals surface area (Å²) in [5.74, 6) is -1.03. The van der Waals surface area contributed by atoms with Gasteiger partial charge in [-0.2, -0.15) is 0 Å². The third kappa shape index (κ3) is 10.8. The first kappa shape index (κ1) is 42.4. The lowest BCUT2D eigenvalue weighted by Crippen LogP contribution is -2.58. The van der Waals surface area contributed by atoms with Gasteiger partial charge in [-0.1, -0.05) is 119 Å². The van der Waals surface area contributed by atoms with E-state index in [1.165, 1.54) is 116 Å². The van der Waals surface area contributed by atoms with Gasteiger partial charge in [-0.05, 0) is 38.5 Å². The van der Waals surface area contributed by atoms with Crippen LogP contribution in [0.3, 0.4) is 0 Å². The number of rotatable bonds is 27. The monoisotopic (exact) mass is 670 g/mol. The number of carboxylic acid groups (broad SMARTS) is 1. The van der Waals surface area contributed by atoms with Crippen LogP contribution in [0, 0.1) is 5.41 Å². The Hall–Kier alpha value is -0.810. The first-order valence-corrected chi connectivity index (χ1v) is 19.7. The van der Waals surface area contributed by atoms with Crippen LogP contribution in [0.4, 0.5) is 0 Å². The van der Waals surface area contributed by atoms with E-state index in [0.29, 0.717) is 36.3 Å². The molecule has 0 radical (unpaired) electrons. The number of nitrogens with zero attached hydrogens (tertiary/aromatic N) is 3. The summed E-state index contributed by atoms with van der Waals surface area (Å²) >= 11 is 0. The highest BCUT2D eigenvalue weighted by Crippen LogP contribution is 2.60. The van der Waals surface area contributed by atoms with Crippen molar-refractivity contribution in [3.05, 3.63) is 0 Å². The summed E-state index contributed by atoms with van der Waals surface area (Å²) in [6, 6.07) is 3.33. The lowest BCUT2D eigenvalue weighted by atomic mass is 9.93. The van der Waals surface area contributed by atoms with Gasteiger partial charge in [-0.3, -0.25) is 19.5 Å².